The molecule has 0 atom stereocenters. The van der Waals surface area contributed by atoms with Crippen molar-refractivity contribution in [2.24, 2.45) is 0 Å². The Labute approximate surface area is 166 Å². The molecule has 0 spiro atoms. The van der Waals surface area contributed by atoms with Crippen molar-refractivity contribution < 1.29 is 18.9 Å². The van der Waals surface area contributed by atoms with Gasteiger partial charge in [0, 0.05) is 11.1 Å². The van der Waals surface area contributed by atoms with E-state index in [4.69, 9.17) is 0 Å². The zero-order valence-corrected chi connectivity index (χ0v) is 18.1. The molecule has 0 bridgehead atoms. The third kappa shape index (κ3) is 3.57. The highest BCUT2D eigenvalue weighted by atomic mass is 31.2. The lowest BCUT2D eigenvalue weighted by Gasteiger charge is -2.19. The van der Waals surface area contributed by atoms with E-state index in [0.29, 0.717) is 22.3 Å². The lowest BCUT2D eigenvalue weighted by atomic mass is 10.0. The Morgan fingerprint density at radius 1 is 0.714 bits per heavy atom. The average molecular weight is 396 g/mol. The number of benzene rings is 2. The van der Waals surface area contributed by atoms with Gasteiger partial charge in [-0.2, -0.15) is 0 Å². The average Bonchev–Trinajstić information content (AvgIpc) is 2.58. The van der Waals surface area contributed by atoms with Gasteiger partial charge in [0.1, 0.15) is 0 Å². The second kappa shape index (κ2) is 7.81. The maximum Gasteiger partial charge on any atom is 0.286 e. The van der Waals surface area contributed by atoms with Crippen LogP contribution in [0.1, 0.15) is 54.1 Å². The normalized spacial score (nSPS) is 11.2. The van der Waals surface area contributed by atoms with Crippen LogP contribution in [0, 0.1) is 41.5 Å². The Kier molecular flexibility index (Phi) is 6.06. The Balaban J connectivity index is 2.79. The Morgan fingerprint density at radius 2 is 1.00 bits per heavy atom. The molecular formula is C23H25O4P. The predicted octanol–water partition coefficient (Wildman–Crippen LogP) is 5.59. The lowest BCUT2D eigenvalue weighted by Crippen LogP contribution is -2.20. The van der Waals surface area contributed by atoms with Gasteiger partial charge in [-0.25, -0.2) is 0 Å². The summed E-state index contributed by atoms with van der Waals surface area (Å²) in [4.78, 5) is 39.4. The molecule has 0 aliphatic rings. The molecule has 2 rings (SSSR count). The van der Waals surface area contributed by atoms with E-state index in [9.17, 15) is 18.9 Å². The molecule has 0 unspecified atom stereocenters. The summed E-state index contributed by atoms with van der Waals surface area (Å²) >= 11 is 0. The van der Waals surface area contributed by atoms with Gasteiger partial charge in [0.2, 0.25) is 16.6 Å². The second-order valence-corrected chi connectivity index (χ2v) is 9.78. The van der Waals surface area contributed by atoms with E-state index in [1.807, 2.05) is 13.8 Å². The van der Waals surface area contributed by atoms with Gasteiger partial charge in [0.05, 0.1) is 0 Å². The van der Waals surface area contributed by atoms with Gasteiger partial charge in [-0.1, -0.05) is 42.0 Å². The topological polar surface area (TPSA) is 68.3 Å². The molecule has 0 aliphatic heterocycles. The van der Waals surface area contributed by atoms with E-state index in [2.05, 4.69) is 6.58 Å². The third-order valence-electron chi connectivity index (χ3n) is 4.84. The summed E-state index contributed by atoms with van der Waals surface area (Å²) < 4.78 is 13.8. The fourth-order valence-corrected chi connectivity index (χ4v) is 5.95. The number of carbonyl (C=O) groups excluding carboxylic acids is 3. The number of allylic oxidation sites excluding steroid dienone is 1. The molecule has 4 nitrogen and oxygen atoms in total. The highest BCUT2D eigenvalue weighted by Crippen LogP contribution is 2.54. The van der Waals surface area contributed by atoms with E-state index in [0.717, 1.165) is 17.2 Å². The summed E-state index contributed by atoms with van der Waals surface area (Å²) in [6.07, 6.45) is 0.814. The van der Waals surface area contributed by atoms with Crippen LogP contribution in [0.2, 0.25) is 0 Å². The number of carbonyl (C=O) groups is 3. The Morgan fingerprint density at radius 3 is 1.25 bits per heavy atom. The number of hydrogen-bond acceptors (Lipinski definition) is 4. The van der Waals surface area contributed by atoms with Gasteiger partial charge in [0.15, 0.2) is 0 Å². The maximum absolute atomic E-state index is 13.8. The number of hydrogen-bond donors (Lipinski definition) is 0. The van der Waals surface area contributed by atoms with Crippen LogP contribution in [-0.2, 0) is 9.36 Å². The van der Waals surface area contributed by atoms with Crippen LogP contribution < -0.4 is 0 Å². The molecule has 0 saturated carbocycles. The number of rotatable bonds is 6. The van der Waals surface area contributed by atoms with Crippen LogP contribution in [0.4, 0.5) is 0 Å². The predicted molar refractivity (Wildman–Crippen MR) is 113 cm³/mol. The fraction of sp³-hybridized carbons (Fsp3) is 0.261. The fourth-order valence-electron chi connectivity index (χ4n) is 3.77. The molecule has 0 heterocycles. The minimum atomic E-state index is -4.61. The molecule has 2 aromatic carbocycles. The Bertz CT molecular complexity index is 956. The zero-order chi connectivity index (χ0) is 21.4. The standard InChI is InChI=1S/C23H25O4P/c1-8-19(24)28(27,22(25)20-15(4)9-13(2)10-16(20)5)23(26)21-17(6)11-14(3)12-18(21)7/h8-12H,1H2,2-7H3. The molecule has 0 fully saturated rings. The molecule has 0 amide bonds. The van der Waals surface area contributed by atoms with E-state index in [1.54, 1.807) is 52.0 Å². The first-order valence-corrected chi connectivity index (χ1v) is 10.7. The zero-order valence-electron chi connectivity index (χ0n) is 17.2. The van der Waals surface area contributed by atoms with Crippen LogP contribution >= 0.6 is 7.14 Å². The second-order valence-electron chi connectivity index (χ2n) is 7.31. The van der Waals surface area contributed by atoms with Crippen molar-refractivity contribution in [2.45, 2.75) is 41.5 Å². The van der Waals surface area contributed by atoms with Crippen LogP contribution in [0.15, 0.2) is 36.9 Å². The summed E-state index contributed by atoms with van der Waals surface area (Å²) in [6, 6.07) is 7.09. The summed E-state index contributed by atoms with van der Waals surface area (Å²) in [5.74, 6) is 0. The molecule has 0 aromatic heterocycles. The summed E-state index contributed by atoms with van der Waals surface area (Å²) in [5.41, 5.74) is 1.69. The van der Waals surface area contributed by atoms with Gasteiger partial charge in [-0.3, -0.25) is 18.9 Å². The van der Waals surface area contributed by atoms with E-state index >= 15 is 0 Å². The molecule has 0 aliphatic carbocycles. The molecule has 0 saturated heterocycles. The third-order valence-corrected chi connectivity index (χ3v) is 7.23. The molecular weight excluding hydrogens is 371 g/mol. The smallest absolute Gasteiger partial charge is 0.286 e. The first-order chi connectivity index (χ1) is 12.9. The van der Waals surface area contributed by atoms with Crippen molar-refractivity contribution in [3.63, 3.8) is 0 Å². The van der Waals surface area contributed by atoms with Crippen molar-refractivity contribution >= 4 is 23.7 Å². The first-order valence-electron chi connectivity index (χ1n) is 8.97. The van der Waals surface area contributed by atoms with Gasteiger partial charge < -0.3 is 0 Å². The van der Waals surface area contributed by atoms with Crippen molar-refractivity contribution in [3.8, 4) is 0 Å². The van der Waals surface area contributed by atoms with Crippen LogP contribution in [0.5, 0.6) is 0 Å². The van der Waals surface area contributed by atoms with Crippen molar-refractivity contribution in [1.29, 1.82) is 0 Å². The summed E-state index contributed by atoms with van der Waals surface area (Å²) in [7, 11) is -4.61. The maximum atomic E-state index is 13.8. The van der Waals surface area contributed by atoms with Crippen molar-refractivity contribution in [3.05, 3.63) is 81.4 Å². The number of aryl methyl sites for hydroxylation is 6. The lowest BCUT2D eigenvalue weighted by molar-refractivity contribution is -0.107. The van der Waals surface area contributed by atoms with Crippen LogP contribution in [0.3, 0.4) is 0 Å². The quantitative estimate of drug-likeness (QED) is 0.471. The SMILES string of the molecule is C=CC(=O)P(=O)(C(=O)c1c(C)cc(C)cc1C)C(=O)c1c(C)cc(C)cc1C. The largest absolute Gasteiger partial charge is 0.298 e. The minimum absolute atomic E-state index is 0.167. The van der Waals surface area contributed by atoms with Gasteiger partial charge in [-0.05, 0) is 69.9 Å². The molecule has 5 heteroatoms. The van der Waals surface area contributed by atoms with Gasteiger partial charge in [0.25, 0.3) is 7.14 Å². The van der Waals surface area contributed by atoms with Gasteiger partial charge in [-0.15, -0.1) is 0 Å². The van der Waals surface area contributed by atoms with Gasteiger partial charge >= 0.3 is 0 Å². The summed E-state index contributed by atoms with van der Waals surface area (Å²) in [5, 5.41) is 0. The van der Waals surface area contributed by atoms with E-state index in [1.165, 1.54) is 0 Å². The highest BCUT2D eigenvalue weighted by Gasteiger charge is 2.48. The molecule has 28 heavy (non-hydrogen) atoms. The van der Waals surface area contributed by atoms with Crippen molar-refractivity contribution in [1.82, 2.24) is 0 Å². The molecule has 0 N–H and O–H groups in total. The van der Waals surface area contributed by atoms with Crippen LogP contribution in [-0.4, -0.2) is 16.6 Å². The minimum Gasteiger partial charge on any atom is -0.298 e. The molecule has 2 aromatic rings. The summed E-state index contributed by atoms with van der Waals surface area (Å²) in [6.45, 7) is 14.0. The van der Waals surface area contributed by atoms with Crippen LogP contribution in [0.25, 0.3) is 0 Å². The Hall–Kier alpha value is -2.58. The first kappa shape index (κ1) is 21.7. The highest BCUT2D eigenvalue weighted by molar-refractivity contribution is 8.07. The van der Waals surface area contributed by atoms with Crippen molar-refractivity contribution in [2.75, 3.05) is 0 Å². The monoisotopic (exact) mass is 396 g/mol. The molecule has 146 valence electrons. The van der Waals surface area contributed by atoms with E-state index in [-0.39, 0.29) is 11.1 Å². The van der Waals surface area contributed by atoms with E-state index < -0.39 is 23.7 Å². The molecule has 0 radical (unpaired) electrons.